The predicted molar refractivity (Wildman–Crippen MR) is 77.4 cm³/mol. The van der Waals surface area contributed by atoms with Gasteiger partial charge in [-0.3, -0.25) is 5.10 Å². The number of nitrogens with zero attached hydrogens (tertiary/aromatic N) is 1. The minimum Gasteiger partial charge on any atom is -0.496 e. The molecule has 3 N–H and O–H groups in total. The molecule has 0 saturated carbocycles. The molecule has 0 spiro atoms. The van der Waals surface area contributed by atoms with Crippen molar-refractivity contribution in [2.45, 2.75) is 26.7 Å². The number of ether oxygens (including phenoxy) is 1. The van der Waals surface area contributed by atoms with Gasteiger partial charge in [-0.1, -0.05) is 6.92 Å². The highest BCUT2D eigenvalue weighted by molar-refractivity contribution is 5.66. The van der Waals surface area contributed by atoms with E-state index >= 15 is 0 Å². The molecule has 102 valence electrons. The molecule has 0 radical (unpaired) electrons. The smallest absolute Gasteiger partial charge is 0.122 e. The van der Waals surface area contributed by atoms with E-state index in [9.17, 15) is 0 Å². The van der Waals surface area contributed by atoms with Crippen LogP contribution in [-0.2, 0) is 12.8 Å². The molecule has 0 fully saturated rings. The molecule has 0 unspecified atom stereocenters. The van der Waals surface area contributed by atoms with Gasteiger partial charge in [-0.15, -0.1) is 0 Å². The largest absolute Gasteiger partial charge is 0.496 e. The molecule has 1 aromatic heterocycles. The summed E-state index contributed by atoms with van der Waals surface area (Å²) in [5.41, 5.74) is 11.3. The highest BCUT2D eigenvalue weighted by Crippen LogP contribution is 2.29. The maximum atomic E-state index is 5.68. The van der Waals surface area contributed by atoms with E-state index in [1.165, 1.54) is 11.1 Å². The number of nitrogens with one attached hydrogen (secondary N) is 1. The van der Waals surface area contributed by atoms with Crippen molar-refractivity contribution in [2.24, 2.45) is 5.73 Å². The van der Waals surface area contributed by atoms with Gasteiger partial charge >= 0.3 is 0 Å². The summed E-state index contributed by atoms with van der Waals surface area (Å²) in [5, 5.41) is 7.46. The van der Waals surface area contributed by atoms with Gasteiger partial charge in [0.25, 0.3) is 0 Å². The first-order valence-electron chi connectivity index (χ1n) is 6.62. The second kappa shape index (κ2) is 5.89. The number of aromatic nitrogens is 2. The van der Waals surface area contributed by atoms with E-state index in [1.54, 1.807) is 7.11 Å². The Kier molecular flexibility index (Phi) is 4.22. The molecule has 0 saturated heterocycles. The maximum Gasteiger partial charge on any atom is 0.122 e. The molecule has 0 atom stereocenters. The van der Waals surface area contributed by atoms with Crippen LogP contribution in [0.3, 0.4) is 0 Å². The van der Waals surface area contributed by atoms with Gasteiger partial charge in [0.05, 0.1) is 12.8 Å². The summed E-state index contributed by atoms with van der Waals surface area (Å²) >= 11 is 0. The number of hydrogen-bond acceptors (Lipinski definition) is 3. The van der Waals surface area contributed by atoms with Crippen LogP contribution in [0.15, 0.2) is 18.2 Å². The molecular weight excluding hydrogens is 238 g/mol. The van der Waals surface area contributed by atoms with Crippen LogP contribution in [0.25, 0.3) is 11.3 Å². The number of aromatic amines is 1. The van der Waals surface area contributed by atoms with Crippen LogP contribution in [-0.4, -0.2) is 23.9 Å². The fraction of sp³-hybridized carbons (Fsp3) is 0.400. The monoisotopic (exact) mass is 259 g/mol. The molecule has 0 aliphatic rings. The zero-order chi connectivity index (χ0) is 13.8. The second-order valence-corrected chi connectivity index (χ2v) is 4.59. The van der Waals surface area contributed by atoms with Crippen molar-refractivity contribution in [3.8, 4) is 17.0 Å². The summed E-state index contributed by atoms with van der Waals surface area (Å²) in [4.78, 5) is 0. The molecule has 0 aliphatic carbocycles. The lowest BCUT2D eigenvalue weighted by molar-refractivity contribution is 0.410. The normalized spacial score (nSPS) is 10.7. The Hall–Kier alpha value is -1.81. The second-order valence-electron chi connectivity index (χ2n) is 4.59. The fourth-order valence-corrected chi connectivity index (χ4v) is 2.34. The third kappa shape index (κ3) is 2.63. The summed E-state index contributed by atoms with van der Waals surface area (Å²) in [5.74, 6) is 0.930. The first-order chi connectivity index (χ1) is 9.21. The number of aryl methyl sites for hydroxylation is 2. The summed E-state index contributed by atoms with van der Waals surface area (Å²) in [6, 6.07) is 6.20. The number of H-pyrrole nitrogens is 1. The quantitative estimate of drug-likeness (QED) is 0.867. The molecular formula is C15H21N3O. The van der Waals surface area contributed by atoms with E-state index in [-0.39, 0.29) is 0 Å². The van der Waals surface area contributed by atoms with Crippen LogP contribution in [0.5, 0.6) is 5.75 Å². The van der Waals surface area contributed by atoms with Crippen LogP contribution in [0.4, 0.5) is 0 Å². The van der Waals surface area contributed by atoms with E-state index in [0.29, 0.717) is 6.54 Å². The van der Waals surface area contributed by atoms with Gasteiger partial charge in [0.15, 0.2) is 0 Å². The van der Waals surface area contributed by atoms with Crippen molar-refractivity contribution in [2.75, 3.05) is 13.7 Å². The highest BCUT2D eigenvalue weighted by Gasteiger charge is 2.13. The van der Waals surface area contributed by atoms with Crippen molar-refractivity contribution in [3.05, 3.63) is 35.0 Å². The minimum atomic E-state index is 0.629. The van der Waals surface area contributed by atoms with Crippen LogP contribution >= 0.6 is 0 Å². The highest BCUT2D eigenvalue weighted by atomic mass is 16.5. The zero-order valence-corrected chi connectivity index (χ0v) is 11.8. The van der Waals surface area contributed by atoms with Gasteiger partial charge in [-0.2, -0.15) is 5.10 Å². The van der Waals surface area contributed by atoms with Crippen molar-refractivity contribution in [1.82, 2.24) is 10.2 Å². The Balaban J connectivity index is 2.47. The number of hydrogen-bond donors (Lipinski definition) is 2. The molecule has 1 heterocycles. The molecule has 4 heteroatoms. The predicted octanol–water partition coefficient (Wildman–Crippen LogP) is 2.46. The lowest BCUT2D eigenvalue weighted by Gasteiger charge is -2.09. The Morgan fingerprint density at radius 1 is 1.37 bits per heavy atom. The van der Waals surface area contributed by atoms with Gasteiger partial charge in [0.1, 0.15) is 5.75 Å². The fourth-order valence-electron chi connectivity index (χ4n) is 2.34. The first kappa shape index (κ1) is 13.6. The molecule has 4 nitrogen and oxygen atoms in total. The van der Waals surface area contributed by atoms with Crippen molar-refractivity contribution in [1.29, 1.82) is 0 Å². The third-order valence-corrected chi connectivity index (χ3v) is 3.40. The van der Waals surface area contributed by atoms with Gasteiger partial charge < -0.3 is 10.5 Å². The summed E-state index contributed by atoms with van der Waals surface area (Å²) in [6.07, 6.45) is 1.78. The molecule has 19 heavy (non-hydrogen) atoms. The molecule has 1 aromatic carbocycles. The van der Waals surface area contributed by atoms with Gasteiger partial charge in [-0.25, -0.2) is 0 Å². The van der Waals surface area contributed by atoms with Crippen LogP contribution in [0.1, 0.15) is 23.7 Å². The number of rotatable bonds is 5. The van der Waals surface area contributed by atoms with Gasteiger partial charge in [0.2, 0.25) is 0 Å². The van der Waals surface area contributed by atoms with Crippen LogP contribution in [0.2, 0.25) is 0 Å². The van der Waals surface area contributed by atoms with E-state index in [4.69, 9.17) is 10.5 Å². The first-order valence-corrected chi connectivity index (χ1v) is 6.62. The Bertz CT molecular complexity index is 561. The standard InChI is InChI=1S/C15H21N3O/c1-4-11-9-12(5-6-14(11)19-3)15-13(7-8-16)10(2)17-18-15/h5-6,9H,4,7-8,16H2,1-3H3,(H,17,18). The third-order valence-electron chi connectivity index (χ3n) is 3.40. The van der Waals surface area contributed by atoms with Crippen LogP contribution < -0.4 is 10.5 Å². The maximum absolute atomic E-state index is 5.68. The Morgan fingerprint density at radius 3 is 2.79 bits per heavy atom. The Morgan fingerprint density at radius 2 is 2.16 bits per heavy atom. The van der Waals surface area contributed by atoms with Gasteiger partial charge in [-0.05, 0) is 50.1 Å². The van der Waals surface area contributed by atoms with Gasteiger partial charge in [0, 0.05) is 16.8 Å². The number of methoxy groups -OCH3 is 1. The lowest BCUT2D eigenvalue weighted by Crippen LogP contribution is -2.04. The van der Waals surface area contributed by atoms with E-state index in [0.717, 1.165) is 35.5 Å². The SMILES string of the molecule is CCc1cc(-c2n[nH]c(C)c2CCN)ccc1OC. The summed E-state index contributed by atoms with van der Waals surface area (Å²) < 4.78 is 5.36. The number of nitrogens with two attached hydrogens (primary N) is 1. The van der Waals surface area contributed by atoms with E-state index in [2.05, 4.69) is 23.2 Å². The molecule has 0 amide bonds. The average Bonchev–Trinajstić information content (AvgIpc) is 2.80. The molecule has 2 aromatic rings. The Labute approximate surface area is 114 Å². The summed E-state index contributed by atoms with van der Waals surface area (Å²) in [7, 11) is 1.70. The molecule has 0 bridgehead atoms. The van der Waals surface area contributed by atoms with Crippen molar-refractivity contribution < 1.29 is 4.74 Å². The zero-order valence-electron chi connectivity index (χ0n) is 11.8. The average molecular weight is 259 g/mol. The van der Waals surface area contributed by atoms with Crippen molar-refractivity contribution >= 4 is 0 Å². The van der Waals surface area contributed by atoms with Crippen LogP contribution in [0, 0.1) is 6.92 Å². The van der Waals surface area contributed by atoms with Crippen molar-refractivity contribution in [3.63, 3.8) is 0 Å². The minimum absolute atomic E-state index is 0.629. The molecule has 0 aliphatic heterocycles. The molecule has 2 rings (SSSR count). The van der Waals surface area contributed by atoms with E-state index < -0.39 is 0 Å². The lowest BCUT2D eigenvalue weighted by atomic mass is 10.0. The van der Waals surface area contributed by atoms with E-state index in [1.807, 2.05) is 19.1 Å². The topological polar surface area (TPSA) is 63.9 Å². The number of benzene rings is 1. The summed E-state index contributed by atoms with van der Waals surface area (Å²) in [6.45, 7) is 4.79.